The van der Waals surface area contributed by atoms with Gasteiger partial charge in [0.2, 0.25) is 0 Å². The fourth-order valence-electron chi connectivity index (χ4n) is 2.22. The van der Waals surface area contributed by atoms with Crippen LogP contribution in [0.3, 0.4) is 0 Å². The second-order valence-electron chi connectivity index (χ2n) is 5.02. The lowest BCUT2D eigenvalue weighted by Gasteiger charge is -2.13. The molecule has 2 aromatic rings. The van der Waals surface area contributed by atoms with Crippen molar-refractivity contribution in [3.05, 3.63) is 51.8 Å². The van der Waals surface area contributed by atoms with Gasteiger partial charge in [-0.3, -0.25) is 4.79 Å². The number of benzene rings is 1. The van der Waals surface area contributed by atoms with E-state index in [4.69, 9.17) is 0 Å². The highest BCUT2D eigenvalue weighted by atomic mass is 16.5. The molecule has 0 aliphatic rings. The van der Waals surface area contributed by atoms with Crippen molar-refractivity contribution < 1.29 is 9.53 Å². The Morgan fingerprint density at radius 1 is 1.24 bits per heavy atom. The first-order valence-corrected chi connectivity index (χ1v) is 6.69. The van der Waals surface area contributed by atoms with E-state index in [9.17, 15) is 9.59 Å². The largest absolute Gasteiger partial charge is 0.467 e. The average molecular weight is 286 g/mol. The van der Waals surface area contributed by atoms with Gasteiger partial charge in [0, 0.05) is 11.6 Å². The Kier molecular flexibility index (Phi) is 4.21. The van der Waals surface area contributed by atoms with Gasteiger partial charge < -0.3 is 4.74 Å². The summed E-state index contributed by atoms with van der Waals surface area (Å²) in [4.78, 5) is 23.5. The Balaban J connectivity index is 2.52. The average Bonchev–Trinajstić information content (AvgIpc) is 2.46. The molecule has 1 aromatic carbocycles. The number of aromatic nitrogens is 2. The Labute approximate surface area is 123 Å². The molecule has 1 heterocycles. The van der Waals surface area contributed by atoms with E-state index in [1.54, 1.807) is 13.0 Å². The highest BCUT2D eigenvalue weighted by Crippen LogP contribution is 2.21. The summed E-state index contributed by atoms with van der Waals surface area (Å²) in [7, 11) is 1.29. The molecule has 0 fully saturated rings. The van der Waals surface area contributed by atoms with Gasteiger partial charge in [-0.15, -0.1) is 0 Å². The zero-order chi connectivity index (χ0) is 15.6. The molecule has 0 aliphatic carbocycles. The molecule has 0 saturated carbocycles. The number of ether oxygens (including phenoxy) is 1. The quantitative estimate of drug-likeness (QED) is 0.812. The first-order valence-electron chi connectivity index (χ1n) is 6.69. The van der Waals surface area contributed by atoms with E-state index < -0.39 is 12.0 Å². The Hall–Kier alpha value is -2.43. The summed E-state index contributed by atoms with van der Waals surface area (Å²) in [5, 5.41) is 4.31. The van der Waals surface area contributed by atoms with Gasteiger partial charge >= 0.3 is 5.97 Å². The van der Waals surface area contributed by atoms with E-state index in [2.05, 4.69) is 15.9 Å². The minimum atomic E-state index is -0.756. The molecule has 0 N–H and O–H groups in total. The number of carbonyl (C=O) groups excluding carboxylic acids is 1. The number of hydrogen-bond acceptors (Lipinski definition) is 4. The molecule has 0 spiro atoms. The minimum Gasteiger partial charge on any atom is -0.467 e. The monoisotopic (exact) mass is 286 g/mol. The van der Waals surface area contributed by atoms with E-state index in [0.717, 1.165) is 21.4 Å². The van der Waals surface area contributed by atoms with Crippen molar-refractivity contribution in [3.8, 4) is 11.3 Å². The van der Waals surface area contributed by atoms with Crippen LogP contribution in [-0.2, 0) is 9.53 Å². The van der Waals surface area contributed by atoms with Crippen molar-refractivity contribution in [1.82, 2.24) is 9.78 Å². The third-order valence-corrected chi connectivity index (χ3v) is 3.39. The molecule has 5 heteroatoms. The molecule has 0 amide bonds. The van der Waals surface area contributed by atoms with Crippen LogP contribution in [0.4, 0.5) is 0 Å². The van der Waals surface area contributed by atoms with E-state index in [-0.39, 0.29) is 5.56 Å². The molecule has 110 valence electrons. The number of carbonyl (C=O) groups is 1. The van der Waals surface area contributed by atoms with Gasteiger partial charge in [0.1, 0.15) is 0 Å². The summed E-state index contributed by atoms with van der Waals surface area (Å²) < 4.78 is 5.82. The molecule has 1 atom stereocenters. The first kappa shape index (κ1) is 15.0. The topological polar surface area (TPSA) is 61.2 Å². The second-order valence-corrected chi connectivity index (χ2v) is 5.02. The lowest BCUT2D eigenvalue weighted by atomic mass is 10.0. The van der Waals surface area contributed by atoms with Gasteiger partial charge in [-0.2, -0.15) is 5.10 Å². The van der Waals surface area contributed by atoms with Crippen molar-refractivity contribution in [2.24, 2.45) is 0 Å². The summed E-state index contributed by atoms with van der Waals surface area (Å²) >= 11 is 0. The van der Waals surface area contributed by atoms with Crippen LogP contribution < -0.4 is 5.56 Å². The van der Waals surface area contributed by atoms with Crippen LogP contribution in [0.1, 0.15) is 24.1 Å². The van der Waals surface area contributed by atoms with E-state index in [0.29, 0.717) is 5.69 Å². The summed E-state index contributed by atoms with van der Waals surface area (Å²) in [5.41, 5.74) is 3.49. The lowest BCUT2D eigenvalue weighted by molar-refractivity contribution is -0.144. The lowest BCUT2D eigenvalue weighted by Crippen LogP contribution is -2.30. The molecule has 1 aromatic heterocycles. The van der Waals surface area contributed by atoms with Gasteiger partial charge in [0.15, 0.2) is 6.04 Å². The third kappa shape index (κ3) is 3.02. The summed E-state index contributed by atoms with van der Waals surface area (Å²) in [6, 6.07) is 8.33. The van der Waals surface area contributed by atoms with Crippen molar-refractivity contribution in [3.63, 3.8) is 0 Å². The third-order valence-electron chi connectivity index (χ3n) is 3.39. The minimum absolute atomic E-state index is 0.332. The fraction of sp³-hybridized carbons (Fsp3) is 0.312. The highest BCUT2D eigenvalue weighted by Gasteiger charge is 2.18. The number of nitrogens with zero attached hydrogens (tertiary/aromatic N) is 2. The number of esters is 1. The van der Waals surface area contributed by atoms with Crippen LogP contribution in [0.25, 0.3) is 11.3 Å². The van der Waals surface area contributed by atoms with Crippen molar-refractivity contribution >= 4 is 5.97 Å². The maximum Gasteiger partial charge on any atom is 0.330 e. The maximum atomic E-state index is 11.9. The SMILES string of the molecule is COC(=O)[C@@H](C)n1nc(-c2ccc(C)cc2C)ccc1=O. The van der Waals surface area contributed by atoms with Crippen LogP contribution in [-0.4, -0.2) is 22.9 Å². The zero-order valence-corrected chi connectivity index (χ0v) is 12.6. The van der Waals surface area contributed by atoms with Crippen LogP contribution in [0, 0.1) is 13.8 Å². The predicted octanol–water partition coefficient (Wildman–Crippen LogP) is 2.26. The molecular formula is C16H18N2O3. The molecule has 0 saturated heterocycles. The van der Waals surface area contributed by atoms with Crippen molar-refractivity contribution in [2.75, 3.05) is 7.11 Å². The predicted molar refractivity (Wildman–Crippen MR) is 80.1 cm³/mol. The number of aryl methyl sites for hydroxylation is 2. The van der Waals surface area contributed by atoms with Gasteiger partial charge in [0.25, 0.3) is 5.56 Å². The van der Waals surface area contributed by atoms with Crippen LogP contribution in [0.2, 0.25) is 0 Å². The molecule has 0 bridgehead atoms. The molecule has 0 aliphatic heterocycles. The normalized spacial score (nSPS) is 12.0. The first-order chi connectivity index (χ1) is 9.93. The summed E-state index contributed by atoms with van der Waals surface area (Å²) in [6.45, 7) is 5.60. The second kappa shape index (κ2) is 5.91. The standard InChI is InChI=1S/C16H18N2O3/c1-10-5-6-13(11(2)9-10)14-7-8-15(19)18(17-14)12(3)16(20)21-4/h5-9,12H,1-4H3/t12-/m1/s1. The molecule has 0 radical (unpaired) electrons. The van der Waals surface area contributed by atoms with Gasteiger partial charge in [-0.25, -0.2) is 9.48 Å². The van der Waals surface area contributed by atoms with Gasteiger partial charge in [-0.05, 0) is 32.4 Å². The zero-order valence-electron chi connectivity index (χ0n) is 12.6. The Morgan fingerprint density at radius 2 is 1.95 bits per heavy atom. The van der Waals surface area contributed by atoms with Gasteiger partial charge in [0.05, 0.1) is 12.8 Å². The molecule has 2 rings (SSSR count). The summed E-state index contributed by atoms with van der Waals surface area (Å²) in [6.07, 6.45) is 0. The van der Waals surface area contributed by atoms with Crippen LogP contribution >= 0.6 is 0 Å². The maximum absolute atomic E-state index is 11.9. The van der Waals surface area contributed by atoms with Crippen molar-refractivity contribution in [1.29, 1.82) is 0 Å². The smallest absolute Gasteiger partial charge is 0.330 e. The molecule has 21 heavy (non-hydrogen) atoms. The number of methoxy groups -OCH3 is 1. The molecule has 5 nitrogen and oxygen atoms in total. The van der Waals surface area contributed by atoms with Gasteiger partial charge in [-0.1, -0.05) is 23.8 Å². The van der Waals surface area contributed by atoms with Crippen molar-refractivity contribution in [2.45, 2.75) is 26.8 Å². The Morgan fingerprint density at radius 3 is 2.57 bits per heavy atom. The van der Waals surface area contributed by atoms with E-state index in [1.165, 1.54) is 13.2 Å². The fourth-order valence-corrected chi connectivity index (χ4v) is 2.22. The highest BCUT2D eigenvalue weighted by molar-refractivity contribution is 5.73. The van der Waals surface area contributed by atoms with Crippen LogP contribution in [0.15, 0.2) is 35.1 Å². The molecular weight excluding hydrogens is 268 g/mol. The van der Waals surface area contributed by atoms with E-state index in [1.807, 2.05) is 26.0 Å². The van der Waals surface area contributed by atoms with Crippen LogP contribution in [0.5, 0.6) is 0 Å². The number of rotatable bonds is 3. The Bertz CT molecular complexity index is 735. The molecule has 0 unspecified atom stereocenters. The summed E-state index contributed by atoms with van der Waals surface area (Å²) in [5.74, 6) is -0.498. The number of hydrogen-bond donors (Lipinski definition) is 0. The van der Waals surface area contributed by atoms with E-state index >= 15 is 0 Å².